The summed E-state index contributed by atoms with van der Waals surface area (Å²) in [5.74, 6) is -0.548. The molecule has 0 aromatic heterocycles. The Hall–Kier alpha value is -1.39. The summed E-state index contributed by atoms with van der Waals surface area (Å²) in [6.07, 6.45) is -0.618. The van der Waals surface area contributed by atoms with E-state index in [0.717, 1.165) is 5.56 Å². The van der Waals surface area contributed by atoms with Gasteiger partial charge in [-0.15, -0.1) is 0 Å². The third-order valence-corrected chi connectivity index (χ3v) is 2.61. The second-order valence-electron chi connectivity index (χ2n) is 3.77. The molecule has 0 aliphatic heterocycles. The SMILES string of the molecule is COC(=O)[C@@H](OC)[C@H](O)CCc1ccccc1. The average molecular weight is 238 g/mol. The van der Waals surface area contributed by atoms with Gasteiger partial charge in [0.1, 0.15) is 0 Å². The number of ether oxygens (including phenoxy) is 2. The molecule has 0 heterocycles. The van der Waals surface area contributed by atoms with Crippen molar-refractivity contribution in [2.75, 3.05) is 14.2 Å². The van der Waals surface area contributed by atoms with Gasteiger partial charge in [0.25, 0.3) is 0 Å². The lowest BCUT2D eigenvalue weighted by molar-refractivity contribution is -0.159. The van der Waals surface area contributed by atoms with E-state index in [1.54, 1.807) is 0 Å². The van der Waals surface area contributed by atoms with Gasteiger partial charge in [-0.1, -0.05) is 30.3 Å². The quantitative estimate of drug-likeness (QED) is 0.756. The molecule has 4 heteroatoms. The maximum Gasteiger partial charge on any atom is 0.337 e. The number of aryl methyl sites for hydroxylation is 1. The van der Waals surface area contributed by atoms with Crippen molar-refractivity contribution in [3.63, 3.8) is 0 Å². The van der Waals surface area contributed by atoms with Crippen LogP contribution >= 0.6 is 0 Å². The highest BCUT2D eigenvalue weighted by Crippen LogP contribution is 2.10. The van der Waals surface area contributed by atoms with Gasteiger partial charge in [-0.25, -0.2) is 4.79 Å². The van der Waals surface area contributed by atoms with E-state index in [1.165, 1.54) is 14.2 Å². The number of esters is 1. The van der Waals surface area contributed by atoms with Crippen molar-refractivity contribution in [3.05, 3.63) is 35.9 Å². The fourth-order valence-corrected chi connectivity index (χ4v) is 1.64. The van der Waals surface area contributed by atoms with Crippen molar-refractivity contribution < 1.29 is 19.4 Å². The molecule has 4 nitrogen and oxygen atoms in total. The molecule has 0 bridgehead atoms. The fourth-order valence-electron chi connectivity index (χ4n) is 1.64. The molecular weight excluding hydrogens is 220 g/mol. The van der Waals surface area contributed by atoms with E-state index < -0.39 is 18.2 Å². The zero-order chi connectivity index (χ0) is 12.7. The van der Waals surface area contributed by atoms with Gasteiger partial charge in [-0.05, 0) is 18.4 Å². The maximum atomic E-state index is 11.3. The molecular formula is C13H18O4. The van der Waals surface area contributed by atoms with Crippen molar-refractivity contribution in [1.82, 2.24) is 0 Å². The Morgan fingerprint density at radius 2 is 1.94 bits per heavy atom. The lowest BCUT2D eigenvalue weighted by Crippen LogP contribution is -2.36. The first-order chi connectivity index (χ1) is 8.19. The molecule has 1 aromatic carbocycles. The van der Waals surface area contributed by atoms with Crippen molar-refractivity contribution in [3.8, 4) is 0 Å². The molecule has 17 heavy (non-hydrogen) atoms. The lowest BCUT2D eigenvalue weighted by Gasteiger charge is -2.19. The van der Waals surface area contributed by atoms with E-state index in [9.17, 15) is 9.90 Å². The van der Waals surface area contributed by atoms with Crippen molar-refractivity contribution in [2.45, 2.75) is 25.0 Å². The summed E-state index contributed by atoms with van der Waals surface area (Å²) in [6.45, 7) is 0. The molecule has 0 saturated heterocycles. The van der Waals surface area contributed by atoms with Gasteiger partial charge < -0.3 is 14.6 Å². The largest absolute Gasteiger partial charge is 0.467 e. The number of aliphatic hydroxyl groups excluding tert-OH is 1. The van der Waals surface area contributed by atoms with Crippen LogP contribution in [0.4, 0.5) is 0 Å². The number of hydrogen-bond acceptors (Lipinski definition) is 4. The number of hydrogen-bond donors (Lipinski definition) is 1. The lowest BCUT2D eigenvalue weighted by atomic mass is 10.0. The Balaban J connectivity index is 2.48. The molecule has 0 unspecified atom stereocenters. The highest BCUT2D eigenvalue weighted by Gasteiger charge is 2.26. The van der Waals surface area contributed by atoms with Crippen LogP contribution in [0.3, 0.4) is 0 Å². The number of methoxy groups -OCH3 is 2. The Labute approximate surface area is 101 Å². The van der Waals surface area contributed by atoms with Crippen LogP contribution in [-0.2, 0) is 20.7 Å². The number of carbonyl (C=O) groups is 1. The van der Waals surface area contributed by atoms with Gasteiger partial charge in [-0.3, -0.25) is 0 Å². The van der Waals surface area contributed by atoms with Gasteiger partial charge in [0.2, 0.25) is 0 Å². The Kier molecular flexibility index (Phi) is 5.66. The zero-order valence-corrected chi connectivity index (χ0v) is 10.1. The molecule has 0 amide bonds. The topological polar surface area (TPSA) is 55.8 Å². The summed E-state index contributed by atoms with van der Waals surface area (Å²) in [5, 5.41) is 9.85. The van der Waals surface area contributed by atoms with Gasteiger partial charge >= 0.3 is 5.97 Å². The van der Waals surface area contributed by atoms with Gasteiger partial charge in [0.05, 0.1) is 13.2 Å². The molecule has 94 valence electrons. The van der Waals surface area contributed by atoms with Crippen molar-refractivity contribution in [1.29, 1.82) is 0 Å². The van der Waals surface area contributed by atoms with Crippen LogP contribution in [-0.4, -0.2) is 37.5 Å². The first-order valence-corrected chi connectivity index (χ1v) is 5.51. The number of aliphatic hydroxyl groups is 1. The minimum Gasteiger partial charge on any atom is -0.467 e. The molecule has 0 spiro atoms. The van der Waals surface area contributed by atoms with E-state index in [-0.39, 0.29) is 0 Å². The van der Waals surface area contributed by atoms with Gasteiger partial charge in [0.15, 0.2) is 6.10 Å². The van der Waals surface area contributed by atoms with Gasteiger partial charge in [0, 0.05) is 7.11 Å². The number of benzene rings is 1. The molecule has 1 rings (SSSR count). The van der Waals surface area contributed by atoms with E-state index in [1.807, 2.05) is 30.3 Å². The molecule has 1 N–H and O–H groups in total. The number of carbonyl (C=O) groups excluding carboxylic acids is 1. The van der Waals surface area contributed by atoms with E-state index in [2.05, 4.69) is 4.74 Å². The van der Waals surface area contributed by atoms with Crippen LogP contribution in [0.5, 0.6) is 0 Å². The third-order valence-electron chi connectivity index (χ3n) is 2.61. The number of rotatable bonds is 6. The van der Waals surface area contributed by atoms with Crippen LogP contribution in [0.15, 0.2) is 30.3 Å². The Morgan fingerprint density at radius 1 is 1.29 bits per heavy atom. The van der Waals surface area contributed by atoms with Crippen LogP contribution in [0.25, 0.3) is 0 Å². The highest BCUT2D eigenvalue weighted by molar-refractivity contribution is 5.75. The molecule has 1 aromatic rings. The smallest absolute Gasteiger partial charge is 0.337 e. The predicted octanol–water partition coefficient (Wildman–Crippen LogP) is 1.17. The molecule has 0 aliphatic carbocycles. The van der Waals surface area contributed by atoms with Crippen LogP contribution < -0.4 is 0 Å². The minimum absolute atomic E-state index is 0.456. The van der Waals surface area contributed by atoms with E-state index in [0.29, 0.717) is 12.8 Å². The summed E-state index contributed by atoms with van der Waals surface area (Å²) in [5.41, 5.74) is 1.12. The van der Waals surface area contributed by atoms with Gasteiger partial charge in [-0.2, -0.15) is 0 Å². The summed E-state index contributed by atoms with van der Waals surface area (Å²) in [7, 11) is 2.66. The highest BCUT2D eigenvalue weighted by atomic mass is 16.6. The van der Waals surface area contributed by atoms with Crippen molar-refractivity contribution >= 4 is 5.97 Å². The Morgan fingerprint density at radius 3 is 2.47 bits per heavy atom. The standard InChI is InChI=1S/C13H18O4/c1-16-12(13(15)17-2)11(14)9-8-10-6-4-3-5-7-10/h3-7,11-12,14H,8-9H2,1-2H3/t11-,12+/m1/s1. The van der Waals surface area contributed by atoms with E-state index in [4.69, 9.17) is 4.74 Å². The van der Waals surface area contributed by atoms with E-state index >= 15 is 0 Å². The second kappa shape index (κ2) is 7.04. The molecule has 0 aliphatic rings. The molecule has 0 fully saturated rings. The summed E-state index contributed by atoms with van der Waals surface area (Å²) in [6, 6.07) is 9.78. The fraction of sp³-hybridized carbons (Fsp3) is 0.462. The average Bonchev–Trinajstić information content (AvgIpc) is 2.38. The second-order valence-corrected chi connectivity index (χ2v) is 3.77. The van der Waals surface area contributed by atoms with Crippen molar-refractivity contribution in [2.24, 2.45) is 0 Å². The Bertz CT molecular complexity index is 337. The molecule has 2 atom stereocenters. The summed E-state index contributed by atoms with van der Waals surface area (Å²) in [4.78, 5) is 11.3. The summed E-state index contributed by atoms with van der Waals surface area (Å²) >= 11 is 0. The third kappa shape index (κ3) is 4.17. The molecule has 0 radical (unpaired) electrons. The maximum absolute atomic E-state index is 11.3. The first-order valence-electron chi connectivity index (χ1n) is 5.51. The van der Waals surface area contributed by atoms with Crippen LogP contribution in [0.1, 0.15) is 12.0 Å². The molecule has 0 saturated carbocycles. The zero-order valence-electron chi connectivity index (χ0n) is 10.1. The normalized spacial score (nSPS) is 14.1. The van der Waals surface area contributed by atoms with Crippen LogP contribution in [0, 0.1) is 0 Å². The first kappa shape index (κ1) is 13.7. The minimum atomic E-state index is -0.913. The van der Waals surface area contributed by atoms with Crippen LogP contribution in [0.2, 0.25) is 0 Å². The summed E-state index contributed by atoms with van der Waals surface area (Å²) < 4.78 is 9.48. The predicted molar refractivity (Wildman–Crippen MR) is 63.6 cm³/mol. The monoisotopic (exact) mass is 238 g/mol.